The van der Waals surface area contributed by atoms with Crippen molar-refractivity contribution < 1.29 is 14.6 Å². The first-order valence-corrected chi connectivity index (χ1v) is 5.85. The number of nitrogens with two attached hydrogens (primary N) is 1. The monoisotopic (exact) mass is 232 g/mol. The smallest absolute Gasteiger partial charge is 0.237 e. The maximum absolute atomic E-state index is 11.5. The van der Waals surface area contributed by atoms with Gasteiger partial charge in [-0.25, -0.2) is 0 Å². The minimum Gasteiger partial charge on any atom is -0.394 e. The van der Waals surface area contributed by atoms with Crippen LogP contribution in [0.4, 0.5) is 0 Å². The van der Waals surface area contributed by atoms with Crippen LogP contribution in [-0.4, -0.2) is 43.4 Å². The zero-order valence-corrected chi connectivity index (χ0v) is 10.2. The van der Waals surface area contributed by atoms with E-state index in [9.17, 15) is 4.79 Å². The summed E-state index contributed by atoms with van der Waals surface area (Å²) in [6.07, 6.45) is 1.63. The van der Waals surface area contributed by atoms with Gasteiger partial charge in [-0.05, 0) is 12.3 Å². The number of hydrogen-bond acceptors (Lipinski definition) is 4. The second-order valence-corrected chi connectivity index (χ2v) is 3.89. The molecule has 0 aromatic rings. The predicted octanol–water partition coefficient (Wildman–Crippen LogP) is -0.125. The third kappa shape index (κ3) is 6.76. The Labute approximate surface area is 97.3 Å². The first kappa shape index (κ1) is 15.3. The normalized spacial score (nSPS) is 14.5. The fraction of sp³-hybridized carbons (Fsp3) is 0.909. The van der Waals surface area contributed by atoms with Crippen molar-refractivity contribution in [3.63, 3.8) is 0 Å². The van der Waals surface area contributed by atoms with E-state index in [2.05, 4.69) is 5.32 Å². The number of carbonyl (C=O) groups is 1. The molecular weight excluding hydrogens is 208 g/mol. The predicted molar refractivity (Wildman–Crippen MR) is 63.0 cm³/mol. The van der Waals surface area contributed by atoms with E-state index in [1.54, 1.807) is 0 Å². The van der Waals surface area contributed by atoms with Gasteiger partial charge in [0.05, 0.1) is 19.3 Å². The average molecular weight is 232 g/mol. The number of amides is 1. The summed E-state index contributed by atoms with van der Waals surface area (Å²) in [5.41, 5.74) is 5.76. The molecule has 0 aliphatic carbocycles. The molecule has 0 aromatic carbocycles. The highest BCUT2D eigenvalue weighted by Crippen LogP contribution is 2.04. The molecule has 1 amide bonds. The highest BCUT2D eigenvalue weighted by Gasteiger charge is 2.18. The molecule has 0 radical (unpaired) electrons. The quantitative estimate of drug-likeness (QED) is 0.484. The summed E-state index contributed by atoms with van der Waals surface area (Å²) in [5.74, 6) is 0.0992. The standard InChI is InChI=1S/C11H24N2O3/c1-3-9(2)10(12)11(15)13-5-4-7-16-8-6-14/h9-10,14H,3-8,12H2,1-2H3,(H,13,15)/t9-,10-/m0/s1. The van der Waals surface area contributed by atoms with Crippen LogP contribution < -0.4 is 11.1 Å². The van der Waals surface area contributed by atoms with Crippen LogP contribution in [0.3, 0.4) is 0 Å². The van der Waals surface area contributed by atoms with Gasteiger partial charge in [0, 0.05) is 13.2 Å². The van der Waals surface area contributed by atoms with Crippen LogP contribution in [0.15, 0.2) is 0 Å². The number of aliphatic hydroxyl groups is 1. The van der Waals surface area contributed by atoms with Crippen LogP contribution in [0.1, 0.15) is 26.7 Å². The summed E-state index contributed by atoms with van der Waals surface area (Å²) < 4.78 is 5.06. The molecule has 0 heterocycles. The number of rotatable bonds is 9. The van der Waals surface area contributed by atoms with Crippen molar-refractivity contribution in [3.05, 3.63) is 0 Å². The van der Waals surface area contributed by atoms with Crippen LogP contribution in [0.2, 0.25) is 0 Å². The third-order valence-corrected chi connectivity index (χ3v) is 2.56. The summed E-state index contributed by atoms with van der Waals surface area (Å²) in [6.45, 7) is 5.47. The Morgan fingerprint density at radius 2 is 2.19 bits per heavy atom. The van der Waals surface area contributed by atoms with Crippen molar-refractivity contribution in [2.24, 2.45) is 11.7 Å². The zero-order valence-electron chi connectivity index (χ0n) is 10.2. The van der Waals surface area contributed by atoms with Crippen molar-refractivity contribution in [2.45, 2.75) is 32.7 Å². The fourth-order valence-electron chi connectivity index (χ4n) is 1.18. The highest BCUT2D eigenvalue weighted by molar-refractivity contribution is 5.81. The van der Waals surface area contributed by atoms with Gasteiger partial charge in [-0.2, -0.15) is 0 Å². The fourth-order valence-corrected chi connectivity index (χ4v) is 1.18. The summed E-state index contributed by atoms with van der Waals surface area (Å²) in [6, 6.07) is -0.427. The molecule has 0 fully saturated rings. The Balaban J connectivity index is 3.50. The van der Waals surface area contributed by atoms with Crippen LogP contribution in [0.25, 0.3) is 0 Å². The van der Waals surface area contributed by atoms with E-state index in [-0.39, 0.29) is 18.4 Å². The molecule has 0 spiro atoms. The lowest BCUT2D eigenvalue weighted by atomic mass is 9.99. The molecule has 5 heteroatoms. The Bertz CT molecular complexity index is 188. The molecule has 0 unspecified atom stereocenters. The first-order chi connectivity index (χ1) is 7.63. The molecule has 96 valence electrons. The Morgan fingerprint density at radius 1 is 1.50 bits per heavy atom. The van der Waals surface area contributed by atoms with Gasteiger partial charge in [0.15, 0.2) is 0 Å². The molecule has 0 bridgehead atoms. The molecule has 0 saturated heterocycles. The number of carbonyl (C=O) groups excluding carboxylic acids is 1. The van der Waals surface area contributed by atoms with Crippen molar-refractivity contribution in [1.29, 1.82) is 0 Å². The van der Waals surface area contributed by atoms with Gasteiger partial charge in [-0.3, -0.25) is 4.79 Å². The second-order valence-electron chi connectivity index (χ2n) is 3.89. The van der Waals surface area contributed by atoms with Gasteiger partial charge in [0.2, 0.25) is 5.91 Å². The summed E-state index contributed by atoms with van der Waals surface area (Å²) >= 11 is 0. The Kier molecular flexibility index (Phi) is 9.18. The van der Waals surface area contributed by atoms with Gasteiger partial charge in [-0.15, -0.1) is 0 Å². The van der Waals surface area contributed by atoms with E-state index in [1.807, 2.05) is 13.8 Å². The maximum atomic E-state index is 11.5. The van der Waals surface area contributed by atoms with Crippen molar-refractivity contribution in [2.75, 3.05) is 26.4 Å². The van der Waals surface area contributed by atoms with Gasteiger partial charge < -0.3 is 20.9 Å². The largest absolute Gasteiger partial charge is 0.394 e. The third-order valence-electron chi connectivity index (χ3n) is 2.56. The first-order valence-electron chi connectivity index (χ1n) is 5.85. The van der Waals surface area contributed by atoms with E-state index in [0.717, 1.165) is 12.8 Å². The highest BCUT2D eigenvalue weighted by atomic mass is 16.5. The van der Waals surface area contributed by atoms with E-state index in [4.69, 9.17) is 15.6 Å². The number of nitrogens with one attached hydrogen (secondary N) is 1. The lowest BCUT2D eigenvalue weighted by molar-refractivity contribution is -0.123. The summed E-state index contributed by atoms with van der Waals surface area (Å²) in [7, 11) is 0. The SMILES string of the molecule is CC[C@H](C)[C@H](N)C(=O)NCCCOCCO. The zero-order chi connectivity index (χ0) is 12.4. The Hall–Kier alpha value is -0.650. The molecule has 2 atom stereocenters. The molecule has 4 N–H and O–H groups in total. The number of aliphatic hydroxyl groups excluding tert-OH is 1. The molecule has 0 aliphatic rings. The number of hydrogen-bond donors (Lipinski definition) is 3. The number of ether oxygens (including phenoxy) is 1. The molecule has 0 aromatic heterocycles. The molecule has 0 aliphatic heterocycles. The van der Waals surface area contributed by atoms with Crippen LogP contribution >= 0.6 is 0 Å². The summed E-state index contributed by atoms with van der Waals surface area (Å²) in [4.78, 5) is 11.5. The molecule has 16 heavy (non-hydrogen) atoms. The van der Waals surface area contributed by atoms with Crippen LogP contribution in [0.5, 0.6) is 0 Å². The lowest BCUT2D eigenvalue weighted by Crippen LogP contribution is -2.45. The van der Waals surface area contributed by atoms with Crippen molar-refractivity contribution in [3.8, 4) is 0 Å². The average Bonchev–Trinajstić information content (AvgIpc) is 2.31. The molecule has 0 rings (SSSR count). The van der Waals surface area contributed by atoms with E-state index in [0.29, 0.717) is 19.8 Å². The van der Waals surface area contributed by atoms with Crippen LogP contribution in [0, 0.1) is 5.92 Å². The van der Waals surface area contributed by atoms with Crippen molar-refractivity contribution in [1.82, 2.24) is 5.32 Å². The Morgan fingerprint density at radius 3 is 2.75 bits per heavy atom. The molecule has 0 saturated carbocycles. The van der Waals surface area contributed by atoms with E-state index >= 15 is 0 Å². The summed E-state index contributed by atoms with van der Waals surface area (Å²) in [5, 5.41) is 11.2. The minimum atomic E-state index is -0.427. The van der Waals surface area contributed by atoms with Crippen LogP contribution in [-0.2, 0) is 9.53 Å². The minimum absolute atomic E-state index is 0.0330. The van der Waals surface area contributed by atoms with Gasteiger partial charge in [0.1, 0.15) is 0 Å². The van der Waals surface area contributed by atoms with Gasteiger partial charge >= 0.3 is 0 Å². The van der Waals surface area contributed by atoms with E-state index < -0.39 is 6.04 Å². The van der Waals surface area contributed by atoms with Gasteiger partial charge in [-0.1, -0.05) is 20.3 Å². The molecular formula is C11H24N2O3. The van der Waals surface area contributed by atoms with Crippen molar-refractivity contribution >= 4 is 5.91 Å². The second kappa shape index (κ2) is 9.57. The lowest BCUT2D eigenvalue weighted by Gasteiger charge is -2.17. The van der Waals surface area contributed by atoms with Gasteiger partial charge in [0.25, 0.3) is 0 Å². The molecule has 5 nitrogen and oxygen atoms in total. The maximum Gasteiger partial charge on any atom is 0.237 e. The van der Waals surface area contributed by atoms with E-state index in [1.165, 1.54) is 0 Å². The topological polar surface area (TPSA) is 84.6 Å².